The number of phenols is 1. The molecule has 6 heteroatoms. The Labute approximate surface area is 152 Å². The van der Waals surface area contributed by atoms with E-state index in [0.29, 0.717) is 5.56 Å². The van der Waals surface area contributed by atoms with E-state index in [2.05, 4.69) is 18.2 Å². The molecule has 26 heavy (non-hydrogen) atoms. The average molecular weight is 346 g/mol. The average Bonchev–Trinajstić information content (AvgIpc) is 2.68. The Hall–Kier alpha value is -3.43. The molecule has 0 spiro atoms. The largest absolute Gasteiger partial charge is 0.504 e. The van der Waals surface area contributed by atoms with E-state index in [-0.39, 0.29) is 28.7 Å². The molecule has 0 unspecified atom stereocenters. The Morgan fingerprint density at radius 2 is 2.00 bits per heavy atom. The van der Waals surface area contributed by atoms with E-state index in [9.17, 15) is 20.9 Å². The van der Waals surface area contributed by atoms with Crippen LogP contribution in [0.3, 0.4) is 0 Å². The molecule has 0 radical (unpaired) electrons. The van der Waals surface area contributed by atoms with Gasteiger partial charge in [0, 0.05) is 5.92 Å². The van der Waals surface area contributed by atoms with Gasteiger partial charge in [0.15, 0.2) is 16.9 Å². The third kappa shape index (κ3) is 2.30. The number of nitriles is 3. The minimum absolute atomic E-state index is 0.00596. The van der Waals surface area contributed by atoms with Crippen LogP contribution >= 0.6 is 0 Å². The van der Waals surface area contributed by atoms with Gasteiger partial charge >= 0.3 is 0 Å². The Balaban J connectivity index is 2.32. The molecule has 3 N–H and O–H groups in total. The second kappa shape index (κ2) is 6.47. The normalized spacial score (nSPS) is 23.7. The van der Waals surface area contributed by atoms with Crippen LogP contribution in [0.2, 0.25) is 0 Å². The lowest BCUT2D eigenvalue weighted by atomic mass is 9.57. The predicted octanol–water partition coefficient (Wildman–Crippen LogP) is 2.99. The number of nitrogens with zero attached hydrogens (tertiary/aromatic N) is 3. The molecular weight excluding hydrogens is 328 g/mol. The number of allylic oxidation sites excluding steroid dienone is 4. The van der Waals surface area contributed by atoms with E-state index in [4.69, 9.17) is 10.5 Å². The van der Waals surface area contributed by atoms with Crippen molar-refractivity contribution >= 4 is 0 Å². The number of hydrogen-bond donors (Lipinski definition) is 2. The zero-order valence-corrected chi connectivity index (χ0v) is 14.4. The fourth-order valence-corrected chi connectivity index (χ4v) is 4.14. The summed E-state index contributed by atoms with van der Waals surface area (Å²) in [5, 5.41) is 39.4. The summed E-state index contributed by atoms with van der Waals surface area (Å²) in [7, 11) is 1.44. The summed E-state index contributed by atoms with van der Waals surface area (Å²) in [4.78, 5) is 0. The van der Waals surface area contributed by atoms with Gasteiger partial charge in [-0.25, -0.2) is 0 Å². The summed E-state index contributed by atoms with van der Waals surface area (Å²) in [6.45, 7) is 0. The molecule has 2 aliphatic carbocycles. The lowest BCUT2D eigenvalue weighted by Gasteiger charge is -2.43. The molecule has 0 aromatic heterocycles. The molecule has 0 saturated carbocycles. The van der Waals surface area contributed by atoms with Crippen molar-refractivity contribution in [2.75, 3.05) is 7.11 Å². The van der Waals surface area contributed by atoms with Gasteiger partial charge in [-0.2, -0.15) is 15.8 Å². The Morgan fingerprint density at radius 1 is 1.27 bits per heavy atom. The smallest absolute Gasteiger partial charge is 0.191 e. The van der Waals surface area contributed by atoms with Crippen molar-refractivity contribution in [2.45, 2.75) is 25.2 Å². The molecule has 0 bridgehead atoms. The number of nitrogens with two attached hydrogens (primary N) is 1. The highest BCUT2D eigenvalue weighted by Crippen LogP contribution is 2.56. The predicted molar refractivity (Wildman–Crippen MR) is 93.3 cm³/mol. The van der Waals surface area contributed by atoms with Crippen molar-refractivity contribution in [3.63, 3.8) is 0 Å². The quantitative estimate of drug-likeness (QED) is 0.847. The maximum Gasteiger partial charge on any atom is 0.191 e. The van der Waals surface area contributed by atoms with Crippen LogP contribution in [-0.4, -0.2) is 12.2 Å². The van der Waals surface area contributed by atoms with Gasteiger partial charge in [0.1, 0.15) is 6.07 Å². The number of benzene rings is 1. The molecule has 2 atom stereocenters. The molecule has 0 saturated heterocycles. The molecular formula is C20H18N4O2. The third-order valence-corrected chi connectivity index (χ3v) is 5.36. The summed E-state index contributed by atoms with van der Waals surface area (Å²) in [6.07, 6.45) is 4.49. The lowest BCUT2D eigenvalue weighted by Crippen LogP contribution is -2.42. The maximum absolute atomic E-state index is 9.93. The van der Waals surface area contributed by atoms with E-state index >= 15 is 0 Å². The molecule has 1 aromatic rings. The third-order valence-electron chi connectivity index (χ3n) is 5.36. The minimum Gasteiger partial charge on any atom is -0.504 e. The van der Waals surface area contributed by atoms with Crippen LogP contribution in [0.1, 0.15) is 30.7 Å². The number of methoxy groups -OCH3 is 1. The Morgan fingerprint density at radius 3 is 2.62 bits per heavy atom. The van der Waals surface area contributed by atoms with Crippen molar-refractivity contribution in [1.82, 2.24) is 0 Å². The Kier molecular flexibility index (Phi) is 4.33. The minimum atomic E-state index is -1.65. The number of aromatic hydroxyl groups is 1. The SMILES string of the molecule is COc1cc([C@@H]2[C@@H]3CCCC=C3C(C#N)=C(N)C2(C#N)C#N)ccc1O. The summed E-state index contributed by atoms with van der Waals surface area (Å²) in [5.74, 6) is -0.468. The fourth-order valence-electron chi connectivity index (χ4n) is 4.14. The fraction of sp³-hybridized carbons (Fsp3) is 0.350. The van der Waals surface area contributed by atoms with Crippen LogP contribution in [0.4, 0.5) is 0 Å². The monoisotopic (exact) mass is 346 g/mol. The second-order valence-electron chi connectivity index (χ2n) is 6.54. The first-order valence-electron chi connectivity index (χ1n) is 8.34. The topological polar surface area (TPSA) is 127 Å². The molecule has 0 amide bonds. The van der Waals surface area contributed by atoms with Crippen molar-refractivity contribution < 1.29 is 9.84 Å². The number of phenolic OH excluding ortho intramolecular Hbond substituents is 1. The Bertz CT molecular complexity index is 926. The van der Waals surface area contributed by atoms with Crippen molar-refractivity contribution in [2.24, 2.45) is 17.1 Å². The number of hydrogen-bond acceptors (Lipinski definition) is 6. The van der Waals surface area contributed by atoms with Crippen LogP contribution in [0.5, 0.6) is 11.5 Å². The van der Waals surface area contributed by atoms with Crippen LogP contribution in [0.15, 0.2) is 41.1 Å². The maximum atomic E-state index is 9.93. The summed E-state index contributed by atoms with van der Waals surface area (Å²) < 4.78 is 5.19. The molecule has 130 valence electrons. The van der Waals surface area contributed by atoms with E-state index in [1.807, 2.05) is 6.08 Å². The van der Waals surface area contributed by atoms with Crippen molar-refractivity contribution in [3.8, 4) is 29.7 Å². The van der Waals surface area contributed by atoms with Gasteiger partial charge in [-0.1, -0.05) is 12.1 Å². The number of ether oxygens (including phenoxy) is 1. The zero-order valence-electron chi connectivity index (χ0n) is 14.4. The molecule has 1 aromatic carbocycles. The van der Waals surface area contributed by atoms with Crippen LogP contribution in [0.25, 0.3) is 0 Å². The molecule has 0 fully saturated rings. The van der Waals surface area contributed by atoms with Gasteiger partial charge in [0.05, 0.1) is 30.5 Å². The molecule has 0 heterocycles. The van der Waals surface area contributed by atoms with Crippen LogP contribution in [-0.2, 0) is 0 Å². The zero-order chi connectivity index (χ0) is 18.9. The van der Waals surface area contributed by atoms with Gasteiger partial charge in [-0.3, -0.25) is 0 Å². The number of fused-ring (bicyclic) bond motifs is 1. The highest BCUT2D eigenvalue weighted by molar-refractivity contribution is 5.60. The van der Waals surface area contributed by atoms with Gasteiger partial charge in [0.2, 0.25) is 0 Å². The van der Waals surface area contributed by atoms with Crippen molar-refractivity contribution in [1.29, 1.82) is 15.8 Å². The van der Waals surface area contributed by atoms with Gasteiger partial charge in [-0.05, 0) is 48.4 Å². The van der Waals surface area contributed by atoms with Crippen LogP contribution < -0.4 is 10.5 Å². The summed E-state index contributed by atoms with van der Waals surface area (Å²) >= 11 is 0. The summed E-state index contributed by atoms with van der Waals surface area (Å²) in [6, 6.07) is 11.1. The molecule has 3 rings (SSSR count). The summed E-state index contributed by atoms with van der Waals surface area (Å²) in [5.41, 5.74) is 6.32. The van der Waals surface area contributed by atoms with E-state index < -0.39 is 11.3 Å². The lowest BCUT2D eigenvalue weighted by molar-refractivity contribution is 0.315. The van der Waals surface area contributed by atoms with E-state index in [1.165, 1.54) is 13.2 Å². The van der Waals surface area contributed by atoms with Gasteiger partial charge < -0.3 is 15.6 Å². The first-order chi connectivity index (χ1) is 12.5. The van der Waals surface area contributed by atoms with Gasteiger partial charge in [0.25, 0.3) is 0 Å². The second-order valence-corrected chi connectivity index (χ2v) is 6.54. The van der Waals surface area contributed by atoms with Crippen LogP contribution in [0, 0.1) is 45.3 Å². The molecule has 0 aliphatic heterocycles. The highest BCUT2D eigenvalue weighted by atomic mass is 16.5. The first kappa shape index (κ1) is 17.4. The number of rotatable bonds is 2. The first-order valence-corrected chi connectivity index (χ1v) is 8.34. The highest BCUT2D eigenvalue weighted by Gasteiger charge is 2.53. The van der Waals surface area contributed by atoms with E-state index in [0.717, 1.165) is 24.8 Å². The van der Waals surface area contributed by atoms with E-state index in [1.54, 1.807) is 12.1 Å². The molecule has 2 aliphatic rings. The van der Waals surface area contributed by atoms with Crippen molar-refractivity contribution in [3.05, 3.63) is 46.7 Å². The molecule has 6 nitrogen and oxygen atoms in total. The standard InChI is InChI=1S/C20H18N4O2/c1-26-17-8-12(6-7-16(17)25)18-14-5-3-2-4-13(14)15(9-21)19(24)20(18,10-22)11-23/h4,6-8,14,18,25H,2-3,5,24H2,1H3/t14-,18-/m1/s1. The van der Waals surface area contributed by atoms with Gasteiger partial charge in [-0.15, -0.1) is 0 Å².